The third-order valence-electron chi connectivity index (χ3n) is 4.07. The Balaban J connectivity index is 2.36. The molecule has 0 radical (unpaired) electrons. The third kappa shape index (κ3) is 4.89. The van der Waals surface area contributed by atoms with Crippen molar-refractivity contribution in [3.05, 3.63) is 12.0 Å². The van der Waals surface area contributed by atoms with E-state index in [9.17, 15) is 34.8 Å². The predicted molar refractivity (Wildman–Crippen MR) is 90.5 cm³/mol. The first-order valence-electron chi connectivity index (χ1n) is 8.05. The lowest BCUT2D eigenvalue weighted by atomic mass is 9.76. The van der Waals surface area contributed by atoms with Crippen molar-refractivity contribution in [2.45, 2.75) is 38.3 Å². The van der Waals surface area contributed by atoms with Crippen LogP contribution in [0.2, 0.25) is 0 Å². The van der Waals surface area contributed by atoms with Gasteiger partial charge in [0.05, 0.1) is 6.26 Å². The fraction of sp³-hybridized carbons (Fsp3) is 0.786. The third-order valence-corrected chi connectivity index (χ3v) is 6.23. The maximum absolute atomic E-state index is 12.7. The molecule has 0 aromatic heterocycles. The lowest BCUT2D eigenvalue weighted by Crippen LogP contribution is -2.60. The number of nitrogens with zero attached hydrogens (tertiary/aromatic N) is 2. The molecule has 2 aliphatic rings. The summed E-state index contributed by atoms with van der Waals surface area (Å²) in [6.45, 7) is 4.26. The topological polar surface area (TPSA) is 110 Å². The van der Waals surface area contributed by atoms with E-state index in [-0.39, 0.29) is 26.1 Å². The number of rotatable bonds is 3. The lowest BCUT2D eigenvalue weighted by Gasteiger charge is -2.50. The molecule has 0 unspecified atom stereocenters. The van der Waals surface area contributed by atoms with E-state index >= 15 is 0 Å². The first-order valence-corrected chi connectivity index (χ1v) is 11.3. The van der Waals surface area contributed by atoms with E-state index in [0.29, 0.717) is 4.90 Å². The molecule has 0 aromatic carbocycles. The Kier molecular flexibility index (Phi) is 5.49. The molecule has 2 aliphatic heterocycles. The second-order valence-electron chi connectivity index (χ2n) is 7.74. The largest absolute Gasteiger partial charge is 0.534 e. The van der Waals surface area contributed by atoms with Crippen LogP contribution in [0, 0.1) is 5.41 Å². The number of hydrogen-bond acceptors (Lipinski definition) is 7. The van der Waals surface area contributed by atoms with Gasteiger partial charge in [0.2, 0.25) is 15.9 Å². The van der Waals surface area contributed by atoms with Crippen LogP contribution >= 0.6 is 0 Å². The normalized spacial score (nSPS) is 21.1. The summed E-state index contributed by atoms with van der Waals surface area (Å²) in [6.07, 6.45) is 1.14. The molecule has 1 spiro atoms. The van der Waals surface area contributed by atoms with Gasteiger partial charge in [0.25, 0.3) is 0 Å². The van der Waals surface area contributed by atoms with Crippen LogP contribution in [-0.2, 0) is 29.1 Å². The van der Waals surface area contributed by atoms with Gasteiger partial charge in [-0.1, -0.05) is 0 Å². The van der Waals surface area contributed by atoms with Crippen molar-refractivity contribution in [3.63, 3.8) is 0 Å². The highest BCUT2D eigenvalue weighted by Gasteiger charge is 2.53. The van der Waals surface area contributed by atoms with Gasteiger partial charge < -0.3 is 8.92 Å². The SMILES string of the molecule is CC(C)(C)OC(=O)N1CCC2(C=C1OS(=O)(=O)C(F)(F)F)CN(S(C)(=O)=O)C2. The first kappa shape index (κ1) is 22.7. The summed E-state index contributed by atoms with van der Waals surface area (Å²) in [5.74, 6) is -0.856. The molecule has 28 heavy (non-hydrogen) atoms. The van der Waals surface area contributed by atoms with Crippen molar-refractivity contribution >= 4 is 26.2 Å². The Labute approximate surface area is 161 Å². The number of carbonyl (C=O) groups is 1. The van der Waals surface area contributed by atoms with Gasteiger partial charge in [0.15, 0.2) is 0 Å². The fourth-order valence-corrected chi connectivity index (χ4v) is 4.16. The molecule has 0 aliphatic carbocycles. The smallest absolute Gasteiger partial charge is 0.443 e. The molecule has 0 atom stereocenters. The Morgan fingerprint density at radius 3 is 2.11 bits per heavy atom. The Morgan fingerprint density at radius 2 is 1.68 bits per heavy atom. The zero-order valence-corrected chi connectivity index (χ0v) is 17.2. The van der Waals surface area contributed by atoms with E-state index in [1.165, 1.54) is 20.8 Å². The molecule has 162 valence electrons. The van der Waals surface area contributed by atoms with Gasteiger partial charge >= 0.3 is 21.7 Å². The maximum atomic E-state index is 12.7. The molecule has 2 rings (SSSR count). The van der Waals surface area contributed by atoms with E-state index in [1.54, 1.807) is 0 Å². The summed E-state index contributed by atoms with van der Waals surface area (Å²) in [5.41, 5.74) is -7.61. The van der Waals surface area contributed by atoms with E-state index in [2.05, 4.69) is 4.18 Å². The molecule has 0 bridgehead atoms. The summed E-state index contributed by atoms with van der Waals surface area (Å²) in [7, 11) is -9.54. The minimum Gasteiger partial charge on any atom is -0.443 e. The van der Waals surface area contributed by atoms with Crippen molar-refractivity contribution in [2.75, 3.05) is 25.9 Å². The number of carbonyl (C=O) groups excluding carboxylic acids is 1. The highest BCUT2D eigenvalue weighted by molar-refractivity contribution is 7.88. The van der Waals surface area contributed by atoms with Crippen LogP contribution in [0.5, 0.6) is 0 Å². The minimum absolute atomic E-state index is 0.0626. The molecule has 1 fully saturated rings. The average molecular weight is 450 g/mol. The first-order chi connectivity index (χ1) is 12.4. The molecule has 0 aromatic rings. The molecule has 0 saturated carbocycles. The van der Waals surface area contributed by atoms with Gasteiger partial charge in [-0.3, -0.25) is 0 Å². The second-order valence-corrected chi connectivity index (χ2v) is 11.3. The van der Waals surface area contributed by atoms with Gasteiger partial charge in [0.1, 0.15) is 5.60 Å². The van der Waals surface area contributed by atoms with Crippen molar-refractivity contribution in [3.8, 4) is 0 Å². The summed E-state index contributed by atoms with van der Waals surface area (Å²) in [5, 5.41) is 0. The fourth-order valence-electron chi connectivity index (χ4n) is 2.72. The van der Waals surface area contributed by atoms with Crippen LogP contribution in [-0.4, -0.2) is 69.1 Å². The minimum atomic E-state index is -6.03. The second kappa shape index (κ2) is 6.76. The number of amides is 1. The van der Waals surface area contributed by atoms with Gasteiger partial charge in [-0.2, -0.15) is 21.6 Å². The van der Waals surface area contributed by atoms with Gasteiger partial charge in [-0.25, -0.2) is 22.4 Å². The van der Waals surface area contributed by atoms with Crippen molar-refractivity contribution in [2.24, 2.45) is 5.41 Å². The molecule has 0 N–H and O–H groups in total. The molecule has 14 heteroatoms. The number of ether oxygens (including phenoxy) is 1. The number of sulfonamides is 1. The highest BCUT2D eigenvalue weighted by Crippen LogP contribution is 2.43. The predicted octanol–water partition coefficient (Wildman–Crippen LogP) is 1.60. The maximum Gasteiger partial charge on any atom is 0.534 e. The molecule has 1 saturated heterocycles. The van der Waals surface area contributed by atoms with Crippen LogP contribution in [0.4, 0.5) is 18.0 Å². The molecule has 1 amide bonds. The quantitative estimate of drug-likeness (QED) is 0.474. The molecule has 9 nitrogen and oxygen atoms in total. The van der Waals surface area contributed by atoms with Crippen molar-refractivity contribution in [1.82, 2.24) is 9.21 Å². The standard InChI is InChI=1S/C14H21F3N2O7S2/c1-12(2,3)25-11(20)19-6-5-13(8-18(9-13)27(4,21)22)7-10(19)26-28(23,24)14(15,16)17/h7H,5-6,8-9H2,1-4H3. The summed E-state index contributed by atoms with van der Waals surface area (Å²) in [4.78, 5) is 13.0. The highest BCUT2D eigenvalue weighted by atomic mass is 32.2. The lowest BCUT2D eigenvalue weighted by molar-refractivity contribution is -0.0553. The summed E-state index contributed by atoms with van der Waals surface area (Å²) < 4.78 is 94.6. The monoisotopic (exact) mass is 450 g/mol. The zero-order chi connectivity index (χ0) is 21.8. The Morgan fingerprint density at radius 1 is 1.14 bits per heavy atom. The van der Waals surface area contributed by atoms with Crippen LogP contribution in [0.15, 0.2) is 12.0 Å². The van der Waals surface area contributed by atoms with E-state index in [0.717, 1.165) is 16.6 Å². The molecular formula is C14H21F3N2O7S2. The van der Waals surface area contributed by atoms with E-state index in [1.807, 2.05) is 0 Å². The Hall–Kier alpha value is -1.54. The summed E-state index contributed by atoms with van der Waals surface area (Å²) in [6, 6.07) is 0. The van der Waals surface area contributed by atoms with Crippen LogP contribution in [0.1, 0.15) is 27.2 Å². The van der Waals surface area contributed by atoms with Crippen LogP contribution in [0.3, 0.4) is 0 Å². The van der Waals surface area contributed by atoms with E-state index < -0.39 is 48.6 Å². The summed E-state index contributed by atoms with van der Waals surface area (Å²) >= 11 is 0. The van der Waals surface area contributed by atoms with Crippen LogP contribution in [0.25, 0.3) is 0 Å². The average Bonchev–Trinajstić information content (AvgIpc) is 2.39. The molecular weight excluding hydrogens is 429 g/mol. The number of hydrogen-bond donors (Lipinski definition) is 0. The van der Waals surface area contributed by atoms with Gasteiger partial charge in [-0.05, 0) is 33.3 Å². The van der Waals surface area contributed by atoms with E-state index in [4.69, 9.17) is 4.74 Å². The zero-order valence-electron chi connectivity index (χ0n) is 15.6. The Bertz CT molecular complexity index is 883. The number of alkyl halides is 3. The number of halogens is 3. The molecule has 2 heterocycles. The van der Waals surface area contributed by atoms with Crippen molar-refractivity contribution < 1.29 is 43.7 Å². The van der Waals surface area contributed by atoms with Crippen LogP contribution < -0.4 is 0 Å². The van der Waals surface area contributed by atoms with Gasteiger partial charge in [0, 0.05) is 25.0 Å². The van der Waals surface area contributed by atoms with Gasteiger partial charge in [-0.15, -0.1) is 0 Å². The van der Waals surface area contributed by atoms with Crippen molar-refractivity contribution in [1.29, 1.82) is 0 Å².